The third-order valence-corrected chi connectivity index (χ3v) is 3.54. The van der Waals surface area contributed by atoms with Crippen LogP contribution in [0.3, 0.4) is 0 Å². The van der Waals surface area contributed by atoms with E-state index >= 15 is 0 Å². The number of rotatable bonds is 1. The first-order valence-corrected chi connectivity index (χ1v) is 6.71. The van der Waals surface area contributed by atoms with Crippen molar-refractivity contribution in [1.82, 2.24) is 10.2 Å². The monoisotopic (exact) mass is 312 g/mol. The summed E-state index contributed by atoms with van der Waals surface area (Å²) < 4.78 is 0.790. The van der Waals surface area contributed by atoms with Crippen molar-refractivity contribution in [3.8, 4) is 5.75 Å². The van der Waals surface area contributed by atoms with Crippen molar-refractivity contribution in [2.75, 3.05) is 19.6 Å². The lowest BCUT2D eigenvalue weighted by Crippen LogP contribution is -2.58. The lowest BCUT2D eigenvalue weighted by atomic mass is 10.0. The lowest BCUT2D eigenvalue weighted by molar-refractivity contribution is 0.0649. The summed E-state index contributed by atoms with van der Waals surface area (Å²) in [4.78, 5) is 14.2. The van der Waals surface area contributed by atoms with Crippen LogP contribution in [0.1, 0.15) is 24.2 Å². The van der Waals surface area contributed by atoms with Crippen LogP contribution in [-0.2, 0) is 0 Å². The third kappa shape index (κ3) is 2.84. The standard InChI is InChI=1S/C13H17BrN2O2/c1-13(2)8-16(6-5-15-13)12(18)10-7-9(14)3-4-11(10)17/h3-4,7,15,17H,5-6,8H2,1-2H3. The normalized spacial score (nSPS) is 18.7. The number of nitrogens with one attached hydrogen (secondary N) is 1. The molecule has 0 saturated carbocycles. The number of halogens is 1. The molecular formula is C13H17BrN2O2. The fourth-order valence-corrected chi connectivity index (χ4v) is 2.53. The Morgan fingerprint density at radius 2 is 2.22 bits per heavy atom. The maximum atomic E-state index is 12.4. The molecule has 0 unspecified atom stereocenters. The molecule has 0 aliphatic carbocycles. The van der Waals surface area contributed by atoms with E-state index in [0.29, 0.717) is 18.7 Å². The highest BCUT2D eigenvalue weighted by Crippen LogP contribution is 2.24. The molecule has 1 amide bonds. The minimum Gasteiger partial charge on any atom is -0.507 e. The van der Waals surface area contributed by atoms with Gasteiger partial charge in [-0.2, -0.15) is 0 Å². The van der Waals surface area contributed by atoms with E-state index in [1.807, 2.05) is 0 Å². The van der Waals surface area contributed by atoms with Gasteiger partial charge in [-0.15, -0.1) is 0 Å². The molecular weight excluding hydrogens is 296 g/mol. The molecule has 0 aromatic heterocycles. The van der Waals surface area contributed by atoms with Crippen LogP contribution in [0.25, 0.3) is 0 Å². The van der Waals surface area contributed by atoms with Gasteiger partial charge >= 0.3 is 0 Å². The summed E-state index contributed by atoms with van der Waals surface area (Å²) in [5, 5.41) is 13.1. The highest BCUT2D eigenvalue weighted by atomic mass is 79.9. The Morgan fingerprint density at radius 1 is 1.50 bits per heavy atom. The van der Waals surface area contributed by atoms with Gasteiger partial charge in [0.15, 0.2) is 0 Å². The van der Waals surface area contributed by atoms with Gasteiger partial charge in [0.2, 0.25) is 0 Å². The van der Waals surface area contributed by atoms with Gasteiger partial charge in [-0.1, -0.05) is 15.9 Å². The summed E-state index contributed by atoms with van der Waals surface area (Å²) in [5.41, 5.74) is 0.261. The summed E-state index contributed by atoms with van der Waals surface area (Å²) in [5.74, 6) is -0.0945. The predicted octanol–water partition coefficient (Wildman–Crippen LogP) is 1.98. The number of phenolic OH excluding ortho intramolecular Hbond substituents is 1. The van der Waals surface area contributed by atoms with E-state index in [0.717, 1.165) is 11.0 Å². The molecule has 1 aliphatic rings. The van der Waals surface area contributed by atoms with E-state index < -0.39 is 0 Å². The van der Waals surface area contributed by atoms with Crippen LogP contribution < -0.4 is 5.32 Å². The first-order valence-electron chi connectivity index (χ1n) is 5.92. The van der Waals surface area contributed by atoms with Crippen molar-refractivity contribution in [1.29, 1.82) is 0 Å². The number of carbonyl (C=O) groups excluding carboxylic acids is 1. The van der Waals surface area contributed by atoms with Crippen molar-refractivity contribution in [3.05, 3.63) is 28.2 Å². The lowest BCUT2D eigenvalue weighted by Gasteiger charge is -2.39. The summed E-state index contributed by atoms with van der Waals surface area (Å²) in [6.45, 7) is 6.19. The minimum atomic E-state index is -0.122. The third-order valence-electron chi connectivity index (χ3n) is 3.05. The zero-order valence-corrected chi connectivity index (χ0v) is 12.1. The average molecular weight is 313 g/mol. The summed E-state index contributed by atoms with van der Waals surface area (Å²) in [6, 6.07) is 4.91. The number of hydrogen-bond donors (Lipinski definition) is 2. The Balaban J connectivity index is 2.23. The molecule has 0 spiro atoms. The number of benzene rings is 1. The Labute approximate surface area is 115 Å². The van der Waals surface area contributed by atoms with Crippen molar-refractivity contribution < 1.29 is 9.90 Å². The molecule has 1 aromatic rings. The topological polar surface area (TPSA) is 52.6 Å². The first-order chi connectivity index (χ1) is 8.39. The Bertz CT molecular complexity index is 474. The van der Waals surface area contributed by atoms with E-state index in [1.54, 1.807) is 17.0 Å². The number of nitrogens with zero attached hydrogens (tertiary/aromatic N) is 1. The summed E-state index contributed by atoms with van der Waals surface area (Å²) in [7, 11) is 0. The highest BCUT2D eigenvalue weighted by Gasteiger charge is 2.30. The molecule has 4 nitrogen and oxygen atoms in total. The predicted molar refractivity (Wildman–Crippen MR) is 73.8 cm³/mol. The van der Waals surface area contributed by atoms with Gasteiger partial charge in [0, 0.05) is 29.6 Å². The molecule has 18 heavy (non-hydrogen) atoms. The number of aromatic hydroxyl groups is 1. The first kappa shape index (κ1) is 13.4. The van der Waals surface area contributed by atoms with Crippen LogP contribution >= 0.6 is 15.9 Å². The Kier molecular flexibility index (Phi) is 3.64. The number of carbonyl (C=O) groups is 1. The molecule has 0 atom stereocenters. The number of piperazine rings is 1. The molecule has 2 rings (SSSR count). The largest absolute Gasteiger partial charge is 0.507 e. The van der Waals surface area contributed by atoms with E-state index in [4.69, 9.17) is 0 Å². The van der Waals surface area contributed by atoms with E-state index in [1.165, 1.54) is 6.07 Å². The fraction of sp³-hybridized carbons (Fsp3) is 0.462. The van der Waals surface area contributed by atoms with Crippen LogP contribution in [0.2, 0.25) is 0 Å². The van der Waals surface area contributed by atoms with Gasteiger partial charge in [0.25, 0.3) is 5.91 Å². The molecule has 0 bridgehead atoms. The molecule has 0 radical (unpaired) electrons. The average Bonchev–Trinajstić information content (AvgIpc) is 2.30. The maximum absolute atomic E-state index is 12.4. The second-order valence-corrected chi connectivity index (χ2v) is 6.11. The summed E-state index contributed by atoms with van der Waals surface area (Å²) in [6.07, 6.45) is 0. The molecule has 1 aliphatic heterocycles. The molecule has 5 heteroatoms. The molecule has 1 aromatic carbocycles. The molecule has 2 N–H and O–H groups in total. The van der Waals surface area contributed by atoms with Crippen LogP contribution in [0.5, 0.6) is 5.75 Å². The van der Waals surface area contributed by atoms with Crippen molar-refractivity contribution >= 4 is 21.8 Å². The second kappa shape index (κ2) is 4.90. The van der Waals surface area contributed by atoms with Crippen LogP contribution in [-0.4, -0.2) is 41.1 Å². The zero-order valence-electron chi connectivity index (χ0n) is 10.5. The van der Waals surface area contributed by atoms with Crippen molar-refractivity contribution in [2.45, 2.75) is 19.4 Å². The molecule has 1 fully saturated rings. The van der Waals surface area contributed by atoms with Crippen LogP contribution in [0, 0.1) is 0 Å². The van der Waals surface area contributed by atoms with E-state index in [9.17, 15) is 9.90 Å². The quantitative estimate of drug-likeness (QED) is 0.833. The van der Waals surface area contributed by atoms with Gasteiger partial charge in [-0.25, -0.2) is 0 Å². The second-order valence-electron chi connectivity index (χ2n) is 5.20. The summed E-state index contributed by atoms with van der Waals surface area (Å²) >= 11 is 3.32. The fourth-order valence-electron chi connectivity index (χ4n) is 2.16. The smallest absolute Gasteiger partial charge is 0.257 e. The molecule has 1 saturated heterocycles. The van der Waals surface area contributed by atoms with Crippen molar-refractivity contribution in [2.24, 2.45) is 0 Å². The number of phenols is 1. The van der Waals surface area contributed by atoms with Gasteiger partial charge in [0.1, 0.15) is 5.75 Å². The zero-order chi connectivity index (χ0) is 13.3. The number of hydrogen-bond acceptors (Lipinski definition) is 3. The minimum absolute atomic E-state index is 0.0274. The Hall–Kier alpha value is -1.07. The van der Waals surface area contributed by atoms with Crippen molar-refractivity contribution in [3.63, 3.8) is 0 Å². The van der Waals surface area contributed by atoms with Gasteiger partial charge in [-0.05, 0) is 32.0 Å². The maximum Gasteiger partial charge on any atom is 0.257 e. The van der Waals surface area contributed by atoms with Gasteiger partial charge in [-0.3, -0.25) is 4.79 Å². The van der Waals surface area contributed by atoms with Crippen LogP contribution in [0.4, 0.5) is 0 Å². The highest BCUT2D eigenvalue weighted by molar-refractivity contribution is 9.10. The van der Waals surface area contributed by atoms with E-state index in [2.05, 4.69) is 35.1 Å². The molecule has 98 valence electrons. The van der Waals surface area contributed by atoms with Crippen LogP contribution in [0.15, 0.2) is 22.7 Å². The number of amides is 1. The molecule has 1 heterocycles. The van der Waals surface area contributed by atoms with Gasteiger partial charge in [0.05, 0.1) is 5.56 Å². The van der Waals surface area contributed by atoms with E-state index in [-0.39, 0.29) is 17.2 Å². The SMILES string of the molecule is CC1(C)CN(C(=O)c2cc(Br)ccc2O)CCN1. The van der Waals surface area contributed by atoms with Gasteiger partial charge < -0.3 is 15.3 Å². The Morgan fingerprint density at radius 3 is 2.89 bits per heavy atom.